The second-order valence-electron chi connectivity index (χ2n) is 11.2. The highest BCUT2D eigenvalue weighted by atomic mass is 32.2. The molecule has 0 bridgehead atoms. The summed E-state index contributed by atoms with van der Waals surface area (Å²) >= 11 is 1.10. The third-order valence-electron chi connectivity index (χ3n) is 7.36. The molecular weight excluding hydrogens is 670 g/mol. The standard InChI is InChI=1S/C34H38FN7O5S2/c35-26-15-8-7-14-25(26)21-28(31(44)40-27(16-9-17-39-34(36)37)30(43)33-38-18-19-48-33)41-32(45)29(20-23-10-3-1-4-11-23)42-49(46,47)22-24-12-5-2-6-13-24/h1-8,10-15,18-19,27-29,42H,9,16-17,20-22H2,(H,40,44)(H,41,45)(H4,36,37,39)/t27-,28-,29+/m0/s1. The van der Waals surface area contributed by atoms with Crippen LogP contribution in [0.1, 0.15) is 39.3 Å². The van der Waals surface area contributed by atoms with Crippen molar-refractivity contribution in [3.05, 3.63) is 124 Å². The van der Waals surface area contributed by atoms with E-state index in [0.717, 1.165) is 11.3 Å². The zero-order valence-electron chi connectivity index (χ0n) is 26.5. The number of hydrogen-bond donors (Lipinski definition) is 5. The van der Waals surface area contributed by atoms with E-state index in [0.29, 0.717) is 17.5 Å². The number of aromatic nitrogens is 1. The second kappa shape index (κ2) is 18.0. The Morgan fingerprint density at radius 2 is 1.43 bits per heavy atom. The third-order valence-corrected chi connectivity index (χ3v) is 9.50. The van der Waals surface area contributed by atoms with Crippen LogP contribution in [0.2, 0.25) is 0 Å². The summed E-state index contributed by atoms with van der Waals surface area (Å²) in [6.07, 6.45) is 1.60. The smallest absolute Gasteiger partial charge is 0.243 e. The van der Waals surface area contributed by atoms with E-state index in [4.69, 9.17) is 11.5 Å². The number of Topliss-reactive ketones (excluding diaryl/α,β-unsaturated/α-hetero) is 1. The van der Waals surface area contributed by atoms with Gasteiger partial charge in [-0.3, -0.25) is 19.4 Å². The topological polar surface area (TPSA) is 199 Å². The first-order chi connectivity index (χ1) is 23.5. The minimum atomic E-state index is -4.05. The third kappa shape index (κ3) is 11.9. The number of amides is 2. The molecule has 4 rings (SSSR count). The number of halogens is 1. The van der Waals surface area contributed by atoms with Gasteiger partial charge in [0, 0.05) is 24.5 Å². The maximum Gasteiger partial charge on any atom is 0.243 e. The Kier molecular flexibility index (Phi) is 13.5. The molecular formula is C34H38FN7O5S2. The molecule has 49 heavy (non-hydrogen) atoms. The number of thiazole rings is 1. The van der Waals surface area contributed by atoms with Gasteiger partial charge in [-0.25, -0.2) is 22.5 Å². The van der Waals surface area contributed by atoms with Crippen molar-refractivity contribution in [2.24, 2.45) is 16.5 Å². The molecule has 7 N–H and O–H groups in total. The van der Waals surface area contributed by atoms with Crippen LogP contribution in [0.5, 0.6) is 0 Å². The van der Waals surface area contributed by atoms with Gasteiger partial charge in [-0.15, -0.1) is 11.3 Å². The van der Waals surface area contributed by atoms with Gasteiger partial charge in [0.2, 0.25) is 27.6 Å². The molecule has 1 heterocycles. The Hall–Kier alpha value is -4.99. The van der Waals surface area contributed by atoms with Crippen molar-refractivity contribution < 1.29 is 27.2 Å². The minimum Gasteiger partial charge on any atom is -0.370 e. The number of nitrogens with one attached hydrogen (secondary N) is 3. The van der Waals surface area contributed by atoms with Crippen molar-refractivity contribution in [3.8, 4) is 0 Å². The number of aliphatic imine (C=N–C) groups is 1. The highest BCUT2D eigenvalue weighted by Gasteiger charge is 2.32. The van der Waals surface area contributed by atoms with Crippen LogP contribution in [0.25, 0.3) is 0 Å². The van der Waals surface area contributed by atoms with Gasteiger partial charge in [0.25, 0.3) is 0 Å². The summed E-state index contributed by atoms with van der Waals surface area (Å²) in [5.41, 5.74) is 12.1. The van der Waals surface area contributed by atoms with E-state index in [1.54, 1.807) is 72.1 Å². The molecule has 3 aromatic carbocycles. The average Bonchev–Trinajstić information content (AvgIpc) is 3.62. The Labute approximate surface area is 288 Å². The van der Waals surface area contributed by atoms with E-state index in [1.807, 2.05) is 0 Å². The Morgan fingerprint density at radius 1 is 0.816 bits per heavy atom. The SMILES string of the molecule is NC(N)=NCCC[C@H](NC(=O)[C@H](Cc1ccccc1F)NC(=O)[C@@H](Cc1ccccc1)NS(=O)(=O)Cc1ccccc1)C(=O)c1nccs1. The summed E-state index contributed by atoms with van der Waals surface area (Å²) in [4.78, 5) is 49.2. The van der Waals surface area contributed by atoms with Crippen LogP contribution in [-0.4, -0.2) is 61.6 Å². The van der Waals surface area contributed by atoms with Crippen molar-refractivity contribution in [2.75, 3.05) is 6.54 Å². The fourth-order valence-electron chi connectivity index (χ4n) is 4.99. The lowest BCUT2D eigenvalue weighted by atomic mass is 10.0. The van der Waals surface area contributed by atoms with Gasteiger partial charge in [-0.1, -0.05) is 78.9 Å². The Balaban J connectivity index is 1.61. The van der Waals surface area contributed by atoms with E-state index in [2.05, 4.69) is 25.3 Å². The normalized spacial score (nSPS) is 13.1. The number of ketones is 1. The molecule has 0 aliphatic heterocycles. The summed E-state index contributed by atoms with van der Waals surface area (Å²) in [6.45, 7) is 0.194. The minimum absolute atomic E-state index is 0.0370. The molecule has 258 valence electrons. The van der Waals surface area contributed by atoms with E-state index in [-0.39, 0.29) is 48.1 Å². The molecule has 0 saturated carbocycles. The first-order valence-corrected chi connectivity index (χ1v) is 17.9. The van der Waals surface area contributed by atoms with Gasteiger partial charge in [0.05, 0.1) is 11.8 Å². The van der Waals surface area contributed by atoms with Gasteiger partial charge in [-0.2, -0.15) is 0 Å². The van der Waals surface area contributed by atoms with E-state index in [9.17, 15) is 27.2 Å². The summed E-state index contributed by atoms with van der Waals surface area (Å²) < 4.78 is 43.9. The Morgan fingerprint density at radius 3 is 2.06 bits per heavy atom. The Bertz CT molecular complexity index is 1820. The number of carbonyl (C=O) groups is 3. The van der Waals surface area contributed by atoms with Crippen LogP contribution in [0.4, 0.5) is 4.39 Å². The van der Waals surface area contributed by atoms with Gasteiger partial charge < -0.3 is 22.1 Å². The van der Waals surface area contributed by atoms with Gasteiger partial charge >= 0.3 is 0 Å². The summed E-state index contributed by atoms with van der Waals surface area (Å²) in [7, 11) is -4.05. The maximum atomic E-state index is 14.8. The number of nitrogens with two attached hydrogens (primary N) is 2. The van der Waals surface area contributed by atoms with E-state index >= 15 is 0 Å². The second-order valence-corrected chi connectivity index (χ2v) is 13.8. The van der Waals surface area contributed by atoms with E-state index < -0.39 is 51.6 Å². The monoisotopic (exact) mass is 707 g/mol. The summed E-state index contributed by atoms with van der Waals surface area (Å²) in [5.74, 6) is -3.16. The molecule has 2 amide bonds. The molecule has 4 aromatic rings. The molecule has 0 unspecified atom stereocenters. The average molecular weight is 708 g/mol. The maximum absolute atomic E-state index is 14.8. The van der Waals surface area contributed by atoms with Gasteiger partial charge in [0.15, 0.2) is 11.0 Å². The molecule has 12 nitrogen and oxygen atoms in total. The number of hydrogen-bond acceptors (Lipinski definition) is 8. The molecule has 3 atom stereocenters. The van der Waals surface area contributed by atoms with Crippen LogP contribution in [0, 0.1) is 5.82 Å². The number of guanidine groups is 1. The summed E-state index contributed by atoms with van der Waals surface area (Å²) in [6, 6.07) is 19.2. The van der Waals surface area contributed by atoms with Crippen LogP contribution >= 0.6 is 11.3 Å². The van der Waals surface area contributed by atoms with Crippen LogP contribution in [0.3, 0.4) is 0 Å². The first-order valence-electron chi connectivity index (χ1n) is 15.4. The molecule has 0 saturated heterocycles. The first kappa shape index (κ1) is 36.8. The molecule has 1 aromatic heterocycles. The lowest BCUT2D eigenvalue weighted by Gasteiger charge is -2.25. The fraction of sp³-hybridized carbons (Fsp3) is 0.265. The summed E-state index contributed by atoms with van der Waals surface area (Å²) in [5, 5.41) is 7.12. The highest BCUT2D eigenvalue weighted by Crippen LogP contribution is 2.15. The molecule has 0 spiro atoms. The number of nitrogens with zero attached hydrogens (tertiary/aromatic N) is 2. The predicted octanol–water partition coefficient (Wildman–Crippen LogP) is 2.46. The number of benzene rings is 3. The van der Waals surface area contributed by atoms with Crippen molar-refractivity contribution in [2.45, 2.75) is 49.6 Å². The molecule has 0 aliphatic carbocycles. The largest absolute Gasteiger partial charge is 0.370 e. The van der Waals surface area contributed by atoms with Crippen molar-refractivity contribution in [3.63, 3.8) is 0 Å². The lowest BCUT2D eigenvalue weighted by molar-refractivity contribution is -0.130. The number of sulfonamides is 1. The fourth-order valence-corrected chi connectivity index (χ4v) is 6.96. The van der Waals surface area contributed by atoms with Gasteiger partial charge in [0.1, 0.15) is 17.9 Å². The van der Waals surface area contributed by atoms with Crippen molar-refractivity contribution in [1.82, 2.24) is 20.3 Å². The molecule has 15 heteroatoms. The zero-order chi connectivity index (χ0) is 35.2. The van der Waals surface area contributed by atoms with Crippen LogP contribution < -0.4 is 26.8 Å². The molecule has 0 aliphatic rings. The lowest BCUT2D eigenvalue weighted by Crippen LogP contribution is -2.57. The zero-order valence-corrected chi connectivity index (χ0v) is 28.1. The van der Waals surface area contributed by atoms with Crippen molar-refractivity contribution >= 4 is 44.9 Å². The quantitative estimate of drug-likeness (QED) is 0.0450. The predicted molar refractivity (Wildman–Crippen MR) is 186 cm³/mol. The highest BCUT2D eigenvalue weighted by molar-refractivity contribution is 7.88. The number of rotatable bonds is 18. The van der Waals surface area contributed by atoms with Crippen molar-refractivity contribution in [1.29, 1.82) is 0 Å². The van der Waals surface area contributed by atoms with Gasteiger partial charge in [-0.05, 0) is 42.0 Å². The van der Waals surface area contributed by atoms with Crippen LogP contribution in [0.15, 0.2) is 101 Å². The number of carbonyl (C=O) groups excluding carboxylic acids is 3. The van der Waals surface area contributed by atoms with E-state index in [1.165, 1.54) is 24.4 Å². The molecule has 0 fully saturated rings. The molecule has 0 radical (unpaired) electrons. The van der Waals surface area contributed by atoms with Crippen LogP contribution in [-0.2, 0) is 38.2 Å².